The van der Waals surface area contributed by atoms with Crippen LogP contribution >= 0.6 is 0 Å². The molecule has 0 heterocycles. The standard InChI is InChI=1S/C16H16N2O3/c1-20-14-8-5-7-12(10-14)16(19)18-17-11-13-6-3-4-9-15(13)21-2/h3-11H,1-2H3,(H,18,19)/b17-11+. The van der Waals surface area contributed by atoms with Gasteiger partial charge in [0.2, 0.25) is 0 Å². The number of methoxy groups -OCH3 is 2. The van der Waals surface area contributed by atoms with Crippen molar-refractivity contribution >= 4 is 12.1 Å². The third-order valence-electron chi connectivity index (χ3n) is 2.84. The molecule has 0 aliphatic carbocycles. The highest BCUT2D eigenvalue weighted by Crippen LogP contribution is 2.15. The monoisotopic (exact) mass is 284 g/mol. The van der Waals surface area contributed by atoms with Gasteiger partial charge in [-0.05, 0) is 30.3 Å². The molecule has 108 valence electrons. The van der Waals surface area contributed by atoms with Crippen molar-refractivity contribution in [1.82, 2.24) is 5.43 Å². The van der Waals surface area contributed by atoms with Gasteiger partial charge < -0.3 is 9.47 Å². The Morgan fingerprint density at radius 2 is 1.90 bits per heavy atom. The van der Waals surface area contributed by atoms with E-state index >= 15 is 0 Å². The van der Waals surface area contributed by atoms with Crippen molar-refractivity contribution in [1.29, 1.82) is 0 Å². The van der Waals surface area contributed by atoms with Gasteiger partial charge in [0.1, 0.15) is 11.5 Å². The SMILES string of the molecule is COc1cccc(C(=O)N/N=C/c2ccccc2OC)c1. The van der Waals surface area contributed by atoms with Gasteiger partial charge in [-0.15, -0.1) is 0 Å². The number of hydrogen-bond donors (Lipinski definition) is 1. The first-order chi connectivity index (χ1) is 10.2. The third-order valence-corrected chi connectivity index (χ3v) is 2.84. The van der Waals surface area contributed by atoms with Crippen LogP contribution in [0.1, 0.15) is 15.9 Å². The summed E-state index contributed by atoms with van der Waals surface area (Å²) in [5.41, 5.74) is 3.73. The van der Waals surface area contributed by atoms with E-state index < -0.39 is 0 Å². The largest absolute Gasteiger partial charge is 0.497 e. The van der Waals surface area contributed by atoms with Crippen molar-refractivity contribution in [2.45, 2.75) is 0 Å². The Morgan fingerprint density at radius 3 is 2.67 bits per heavy atom. The van der Waals surface area contributed by atoms with Crippen molar-refractivity contribution in [2.24, 2.45) is 5.10 Å². The van der Waals surface area contributed by atoms with Gasteiger partial charge in [-0.25, -0.2) is 5.43 Å². The van der Waals surface area contributed by atoms with E-state index in [0.717, 1.165) is 5.56 Å². The summed E-state index contributed by atoms with van der Waals surface area (Å²) in [5, 5.41) is 3.94. The van der Waals surface area contributed by atoms with E-state index in [2.05, 4.69) is 10.5 Å². The Bertz CT molecular complexity index is 653. The molecule has 0 bridgehead atoms. The van der Waals surface area contributed by atoms with Gasteiger partial charge in [0.25, 0.3) is 5.91 Å². The minimum absolute atomic E-state index is 0.306. The van der Waals surface area contributed by atoms with E-state index in [4.69, 9.17) is 9.47 Å². The zero-order valence-electron chi connectivity index (χ0n) is 11.9. The summed E-state index contributed by atoms with van der Waals surface area (Å²) in [7, 11) is 3.14. The molecule has 0 fully saturated rings. The van der Waals surface area contributed by atoms with Crippen LogP contribution in [0.3, 0.4) is 0 Å². The number of nitrogens with one attached hydrogen (secondary N) is 1. The Labute approximate surface area is 123 Å². The molecule has 5 heteroatoms. The van der Waals surface area contributed by atoms with Crippen LogP contribution in [0, 0.1) is 0 Å². The van der Waals surface area contributed by atoms with E-state index in [1.807, 2.05) is 24.3 Å². The van der Waals surface area contributed by atoms with E-state index in [1.165, 1.54) is 6.21 Å². The molecule has 2 aromatic rings. The minimum Gasteiger partial charge on any atom is -0.497 e. The molecule has 2 aromatic carbocycles. The number of rotatable bonds is 5. The Kier molecular flexibility index (Phi) is 4.93. The molecule has 0 aliphatic rings. The Balaban J connectivity index is 2.05. The van der Waals surface area contributed by atoms with Gasteiger partial charge in [-0.2, -0.15) is 5.10 Å². The van der Waals surface area contributed by atoms with Gasteiger partial charge in [0.15, 0.2) is 0 Å². The molecular formula is C16H16N2O3. The van der Waals surface area contributed by atoms with E-state index in [1.54, 1.807) is 38.5 Å². The van der Waals surface area contributed by atoms with E-state index in [-0.39, 0.29) is 5.91 Å². The maximum Gasteiger partial charge on any atom is 0.271 e. The summed E-state index contributed by atoms with van der Waals surface area (Å²) < 4.78 is 10.3. The normalized spacial score (nSPS) is 10.4. The summed E-state index contributed by atoms with van der Waals surface area (Å²) in [5.74, 6) is 1.01. The molecule has 1 N–H and O–H groups in total. The number of para-hydroxylation sites is 1. The second kappa shape index (κ2) is 7.09. The Hall–Kier alpha value is -2.82. The van der Waals surface area contributed by atoms with Crippen LogP contribution in [0.25, 0.3) is 0 Å². The lowest BCUT2D eigenvalue weighted by Crippen LogP contribution is -2.17. The van der Waals surface area contributed by atoms with E-state index in [9.17, 15) is 4.79 Å². The molecule has 0 atom stereocenters. The first kappa shape index (κ1) is 14.6. The number of ether oxygens (including phenoxy) is 2. The second-order valence-electron chi connectivity index (χ2n) is 4.17. The number of carbonyl (C=O) groups is 1. The van der Waals surface area contributed by atoms with Gasteiger partial charge in [0, 0.05) is 11.1 Å². The summed E-state index contributed by atoms with van der Waals surface area (Å²) >= 11 is 0. The van der Waals surface area contributed by atoms with Crippen molar-refractivity contribution in [3.05, 3.63) is 59.7 Å². The van der Waals surface area contributed by atoms with Gasteiger partial charge in [0.05, 0.1) is 20.4 Å². The third kappa shape index (κ3) is 3.82. The molecule has 0 saturated heterocycles. The fraction of sp³-hybridized carbons (Fsp3) is 0.125. The predicted molar refractivity (Wildman–Crippen MR) is 81.0 cm³/mol. The highest BCUT2D eigenvalue weighted by atomic mass is 16.5. The zero-order chi connectivity index (χ0) is 15.1. The Morgan fingerprint density at radius 1 is 1.10 bits per heavy atom. The van der Waals surface area contributed by atoms with Gasteiger partial charge >= 0.3 is 0 Å². The van der Waals surface area contributed by atoms with Crippen molar-refractivity contribution in [2.75, 3.05) is 14.2 Å². The van der Waals surface area contributed by atoms with Crippen LogP contribution in [-0.4, -0.2) is 26.3 Å². The molecule has 0 unspecified atom stereocenters. The number of carbonyl (C=O) groups excluding carboxylic acids is 1. The average Bonchev–Trinajstić information content (AvgIpc) is 2.55. The summed E-state index contributed by atoms with van der Waals surface area (Å²) in [6, 6.07) is 14.3. The maximum atomic E-state index is 11.9. The fourth-order valence-corrected chi connectivity index (χ4v) is 1.76. The van der Waals surface area contributed by atoms with Gasteiger partial charge in [-0.3, -0.25) is 4.79 Å². The number of amides is 1. The van der Waals surface area contributed by atoms with Crippen LogP contribution in [0.2, 0.25) is 0 Å². The number of hydrogen-bond acceptors (Lipinski definition) is 4. The zero-order valence-corrected chi connectivity index (χ0v) is 11.9. The number of hydrazone groups is 1. The molecule has 0 saturated carbocycles. The molecular weight excluding hydrogens is 268 g/mol. The summed E-state index contributed by atoms with van der Waals surface area (Å²) in [4.78, 5) is 11.9. The number of benzene rings is 2. The van der Waals surface area contributed by atoms with Crippen LogP contribution in [0.4, 0.5) is 0 Å². The summed E-state index contributed by atoms with van der Waals surface area (Å²) in [6.07, 6.45) is 1.54. The first-order valence-electron chi connectivity index (χ1n) is 6.35. The fourth-order valence-electron chi connectivity index (χ4n) is 1.76. The van der Waals surface area contributed by atoms with Crippen LogP contribution in [-0.2, 0) is 0 Å². The molecule has 1 amide bonds. The van der Waals surface area contributed by atoms with Crippen LogP contribution in [0.15, 0.2) is 53.6 Å². The lowest BCUT2D eigenvalue weighted by Gasteiger charge is -2.04. The second-order valence-corrected chi connectivity index (χ2v) is 4.17. The van der Waals surface area contributed by atoms with Crippen molar-refractivity contribution in [3.63, 3.8) is 0 Å². The smallest absolute Gasteiger partial charge is 0.271 e. The molecule has 2 rings (SSSR count). The average molecular weight is 284 g/mol. The van der Waals surface area contributed by atoms with Crippen LogP contribution in [0.5, 0.6) is 11.5 Å². The molecule has 5 nitrogen and oxygen atoms in total. The highest BCUT2D eigenvalue weighted by Gasteiger charge is 2.05. The van der Waals surface area contributed by atoms with E-state index in [0.29, 0.717) is 17.1 Å². The van der Waals surface area contributed by atoms with Crippen molar-refractivity contribution < 1.29 is 14.3 Å². The molecule has 0 aromatic heterocycles. The highest BCUT2D eigenvalue weighted by molar-refractivity contribution is 5.95. The quantitative estimate of drug-likeness (QED) is 0.677. The van der Waals surface area contributed by atoms with Crippen molar-refractivity contribution in [3.8, 4) is 11.5 Å². The molecule has 0 aliphatic heterocycles. The van der Waals surface area contributed by atoms with Crippen LogP contribution < -0.4 is 14.9 Å². The minimum atomic E-state index is -0.306. The molecule has 0 spiro atoms. The predicted octanol–water partition coefficient (Wildman–Crippen LogP) is 2.47. The molecule has 21 heavy (non-hydrogen) atoms. The molecule has 0 radical (unpaired) electrons. The van der Waals surface area contributed by atoms with Gasteiger partial charge in [-0.1, -0.05) is 18.2 Å². The topological polar surface area (TPSA) is 59.9 Å². The lowest BCUT2D eigenvalue weighted by molar-refractivity contribution is 0.0955. The lowest BCUT2D eigenvalue weighted by atomic mass is 10.2. The summed E-state index contributed by atoms with van der Waals surface area (Å²) in [6.45, 7) is 0. The maximum absolute atomic E-state index is 11.9. The number of nitrogens with zero attached hydrogens (tertiary/aromatic N) is 1. The first-order valence-corrected chi connectivity index (χ1v) is 6.35.